The van der Waals surface area contributed by atoms with E-state index in [0.717, 1.165) is 19.3 Å². The summed E-state index contributed by atoms with van der Waals surface area (Å²) in [7, 11) is 1.71. The first-order chi connectivity index (χ1) is 16.3. The zero-order valence-corrected chi connectivity index (χ0v) is 21.0. The number of unbranched alkanes of at least 4 members (excludes halogenated alkanes) is 2. The van der Waals surface area contributed by atoms with Crippen molar-refractivity contribution in [3.05, 3.63) is 25.3 Å². The Bertz CT molecular complexity index is 816. The van der Waals surface area contributed by atoms with E-state index in [1.54, 1.807) is 29.0 Å². The number of hydrogen-bond donors (Lipinski definition) is 1. The summed E-state index contributed by atoms with van der Waals surface area (Å²) in [6, 6.07) is -0.852. The van der Waals surface area contributed by atoms with Crippen LogP contribution in [0.5, 0.6) is 0 Å². The number of carbonyl (C=O) groups excluding carboxylic acids is 3. The molecule has 190 valence electrons. The SMILES string of the molecule is C=CCN(C)C(=O)[C@H]1[C@H]2C(=O)N(CCO)C(C(=O)N(CC=C)CCCCC)C23CC[C@]1(CC)O3. The number of nitrogens with zero attached hydrogens (tertiary/aromatic N) is 3. The molecule has 1 spiro atoms. The van der Waals surface area contributed by atoms with Gasteiger partial charge in [0, 0.05) is 33.2 Å². The predicted octanol–water partition coefficient (Wildman–Crippen LogP) is 1.98. The molecule has 3 fully saturated rings. The predicted molar refractivity (Wildman–Crippen MR) is 130 cm³/mol. The summed E-state index contributed by atoms with van der Waals surface area (Å²) in [4.78, 5) is 46.2. The third-order valence-corrected chi connectivity index (χ3v) is 7.99. The Balaban J connectivity index is 2.04. The van der Waals surface area contributed by atoms with E-state index in [1.165, 1.54) is 4.90 Å². The van der Waals surface area contributed by atoms with E-state index >= 15 is 0 Å². The van der Waals surface area contributed by atoms with Crippen molar-refractivity contribution < 1.29 is 24.2 Å². The van der Waals surface area contributed by atoms with E-state index in [4.69, 9.17) is 4.74 Å². The van der Waals surface area contributed by atoms with Gasteiger partial charge in [0.25, 0.3) is 0 Å². The molecule has 3 rings (SSSR count). The molecule has 2 bridgehead atoms. The Kier molecular flexibility index (Phi) is 8.24. The van der Waals surface area contributed by atoms with Gasteiger partial charge < -0.3 is 24.5 Å². The fraction of sp³-hybridized carbons (Fsp3) is 0.731. The number of aliphatic hydroxyl groups is 1. The second-order valence-electron chi connectivity index (χ2n) is 9.88. The van der Waals surface area contributed by atoms with Gasteiger partial charge in [-0.25, -0.2) is 0 Å². The van der Waals surface area contributed by atoms with E-state index < -0.39 is 29.1 Å². The average Bonchev–Trinajstić information content (AvgIpc) is 3.42. The highest BCUT2D eigenvalue weighted by Gasteiger charge is 2.78. The van der Waals surface area contributed by atoms with Gasteiger partial charge >= 0.3 is 0 Å². The summed E-state index contributed by atoms with van der Waals surface area (Å²) in [6.45, 7) is 12.7. The fourth-order valence-corrected chi connectivity index (χ4v) is 6.41. The topological polar surface area (TPSA) is 90.4 Å². The van der Waals surface area contributed by atoms with Crippen LogP contribution >= 0.6 is 0 Å². The number of fused-ring (bicyclic) bond motifs is 1. The quantitative estimate of drug-likeness (QED) is 0.325. The van der Waals surface area contributed by atoms with Gasteiger partial charge in [0.15, 0.2) is 0 Å². The molecule has 0 radical (unpaired) electrons. The maximum Gasteiger partial charge on any atom is 0.248 e. The largest absolute Gasteiger partial charge is 0.395 e. The van der Waals surface area contributed by atoms with Crippen LogP contribution in [0.2, 0.25) is 0 Å². The second-order valence-corrected chi connectivity index (χ2v) is 9.88. The van der Waals surface area contributed by atoms with Crippen molar-refractivity contribution in [3.8, 4) is 0 Å². The van der Waals surface area contributed by atoms with Crippen LogP contribution in [0.15, 0.2) is 25.3 Å². The number of rotatable bonds is 13. The third-order valence-electron chi connectivity index (χ3n) is 7.99. The Hall–Kier alpha value is -2.19. The Morgan fingerprint density at radius 1 is 1.18 bits per heavy atom. The summed E-state index contributed by atoms with van der Waals surface area (Å²) >= 11 is 0. The summed E-state index contributed by atoms with van der Waals surface area (Å²) in [5.74, 6) is -1.98. The van der Waals surface area contributed by atoms with Crippen molar-refractivity contribution in [2.24, 2.45) is 11.8 Å². The summed E-state index contributed by atoms with van der Waals surface area (Å²) in [5, 5.41) is 9.76. The number of carbonyl (C=O) groups is 3. The smallest absolute Gasteiger partial charge is 0.248 e. The summed E-state index contributed by atoms with van der Waals surface area (Å²) in [5.41, 5.74) is -1.82. The molecule has 3 amide bonds. The van der Waals surface area contributed by atoms with Crippen LogP contribution in [0.4, 0.5) is 0 Å². The lowest BCUT2D eigenvalue weighted by Gasteiger charge is -2.36. The maximum atomic E-state index is 14.0. The van der Waals surface area contributed by atoms with Crippen molar-refractivity contribution in [3.63, 3.8) is 0 Å². The molecule has 34 heavy (non-hydrogen) atoms. The Labute approximate surface area is 203 Å². The first-order valence-electron chi connectivity index (χ1n) is 12.7. The molecule has 3 aliphatic heterocycles. The minimum Gasteiger partial charge on any atom is -0.395 e. The van der Waals surface area contributed by atoms with Gasteiger partial charge in [-0.15, -0.1) is 13.2 Å². The van der Waals surface area contributed by atoms with Crippen LogP contribution in [0.25, 0.3) is 0 Å². The van der Waals surface area contributed by atoms with Crippen LogP contribution < -0.4 is 0 Å². The zero-order chi connectivity index (χ0) is 25.1. The highest BCUT2D eigenvalue weighted by atomic mass is 16.5. The monoisotopic (exact) mass is 475 g/mol. The molecular weight excluding hydrogens is 434 g/mol. The van der Waals surface area contributed by atoms with E-state index in [9.17, 15) is 19.5 Å². The van der Waals surface area contributed by atoms with Gasteiger partial charge in [-0.05, 0) is 25.7 Å². The number of likely N-dealkylation sites (N-methyl/N-ethyl adjacent to an activating group) is 1. The van der Waals surface area contributed by atoms with Gasteiger partial charge in [-0.1, -0.05) is 38.8 Å². The van der Waals surface area contributed by atoms with E-state index in [2.05, 4.69) is 20.1 Å². The molecular formula is C26H41N3O5. The maximum absolute atomic E-state index is 14.0. The second kappa shape index (κ2) is 10.6. The van der Waals surface area contributed by atoms with Gasteiger partial charge in [0.05, 0.1) is 24.0 Å². The lowest BCUT2D eigenvalue weighted by Crippen LogP contribution is -2.56. The van der Waals surface area contributed by atoms with E-state index in [0.29, 0.717) is 38.9 Å². The fourth-order valence-electron chi connectivity index (χ4n) is 6.41. The molecule has 2 unspecified atom stereocenters. The first-order valence-corrected chi connectivity index (χ1v) is 12.7. The van der Waals surface area contributed by atoms with Crippen LogP contribution in [-0.4, -0.2) is 94.6 Å². The molecule has 3 saturated heterocycles. The molecule has 3 aliphatic rings. The zero-order valence-electron chi connectivity index (χ0n) is 21.0. The normalized spacial score (nSPS) is 31.5. The van der Waals surface area contributed by atoms with Crippen molar-refractivity contribution >= 4 is 17.7 Å². The first kappa shape index (κ1) is 26.4. The molecule has 0 aliphatic carbocycles. The highest BCUT2D eigenvalue weighted by Crippen LogP contribution is 2.64. The third kappa shape index (κ3) is 4.09. The minimum absolute atomic E-state index is 0.0380. The number of β-amino-alcohol motifs (C(OH)–C–C–N with tert-alkyl or cyclic N) is 1. The van der Waals surface area contributed by atoms with Crippen molar-refractivity contribution in [1.82, 2.24) is 14.7 Å². The molecule has 8 nitrogen and oxygen atoms in total. The Morgan fingerprint density at radius 3 is 2.47 bits per heavy atom. The van der Waals surface area contributed by atoms with Gasteiger partial charge in [0.1, 0.15) is 11.6 Å². The molecule has 0 aromatic heterocycles. The van der Waals surface area contributed by atoms with Crippen LogP contribution in [0.3, 0.4) is 0 Å². The number of hydrogen-bond acceptors (Lipinski definition) is 5. The standard InChI is InChI=1S/C26H41N3O5/c1-6-10-11-16-28(15-8-3)24(33)21-26-13-12-25(9-4,34-26)19(22(31)27(5)14-7-2)20(26)23(32)29(21)17-18-30/h7-8,19-21,30H,2-3,6,9-18H2,1,4-5H3/t19-,20+,21?,25+,26?/m1/s1. The average molecular weight is 476 g/mol. The van der Waals surface area contributed by atoms with E-state index in [1.807, 2.05) is 6.92 Å². The highest BCUT2D eigenvalue weighted by molar-refractivity contribution is 5.99. The number of likely N-dealkylation sites (tertiary alicyclic amines) is 1. The molecule has 3 heterocycles. The van der Waals surface area contributed by atoms with Crippen molar-refractivity contribution in [1.29, 1.82) is 0 Å². The lowest BCUT2D eigenvalue weighted by molar-refractivity contribution is -0.155. The van der Waals surface area contributed by atoms with Gasteiger partial charge in [-0.2, -0.15) is 0 Å². The molecule has 0 aromatic rings. The molecule has 0 saturated carbocycles. The molecule has 1 N–H and O–H groups in total. The van der Waals surface area contributed by atoms with Gasteiger partial charge in [-0.3, -0.25) is 14.4 Å². The molecule has 5 atom stereocenters. The summed E-state index contributed by atoms with van der Waals surface area (Å²) in [6.07, 6.45) is 8.01. The minimum atomic E-state index is -1.06. The Morgan fingerprint density at radius 2 is 1.88 bits per heavy atom. The number of amides is 3. The summed E-state index contributed by atoms with van der Waals surface area (Å²) < 4.78 is 6.73. The van der Waals surface area contributed by atoms with Crippen molar-refractivity contribution in [2.75, 3.05) is 39.8 Å². The lowest BCUT2D eigenvalue weighted by atomic mass is 9.64. The van der Waals surface area contributed by atoms with Crippen LogP contribution in [0.1, 0.15) is 52.4 Å². The van der Waals surface area contributed by atoms with E-state index in [-0.39, 0.29) is 30.9 Å². The van der Waals surface area contributed by atoms with Crippen molar-refractivity contribution in [2.45, 2.75) is 69.6 Å². The number of aliphatic hydroxyl groups excluding tert-OH is 1. The van der Waals surface area contributed by atoms with Crippen LogP contribution in [-0.2, 0) is 19.1 Å². The van der Waals surface area contributed by atoms with Gasteiger partial charge in [0.2, 0.25) is 17.7 Å². The molecule has 8 heteroatoms. The molecule has 0 aromatic carbocycles. The number of ether oxygens (including phenoxy) is 1. The van der Waals surface area contributed by atoms with Crippen LogP contribution in [0, 0.1) is 11.8 Å².